The number of hydrogen-bond donors (Lipinski definition) is 2. The summed E-state index contributed by atoms with van der Waals surface area (Å²) in [4.78, 5) is 0. The molecule has 0 amide bonds. The lowest BCUT2D eigenvalue weighted by Crippen LogP contribution is -2.21. The molecule has 0 saturated carbocycles. The van der Waals surface area contributed by atoms with E-state index in [4.69, 9.17) is 27.9 Å². The molecule has 3 rings (SSSR count). The number of phenolic OH excluding ortho intramolecular Hbond substituents is 1. The summed E-state index contributed by atoms with van der Waals surface area (Å²) >= 11 is 12.2. The van der Waals surface area contributed by atoms with Crippen LogP contribution in [-0.2, 0) is 13.2 Å². The van der Waals surface area contributed by atoms with Crippen molar-refractivity contribution in [2.45, 2.75) is 33.0 Å². The van der Waals surface area contributed by atoms with E-state index in [0.29, 0.717) is 40.6 Å². The standard InChI is InChI=1S/C23H23Cl2NO2/c1-15(2)26-13-18-10-19(28-14-16-6-4-3-5-7-16)12-20(23(18)27)17-8-9-21(24)22(25)11-17/h3-12,15,26-27H,13-14H2,1-2H3. The van der Waals surface area contributed by atoms with Gasteiger partial charge in [-0.3, -0.25) is 0 Å². The molecule has 5 heteroatoms. The fourth-order valence-corrected chi connectivity index (χ4v) is 3.12. The first-order valence-corrected chi connectivity index (χ1v) is 9.91. The van der Waals surface area contributed by atoms with Gasteiger partial charge in [0.15, 0.2) is 0 Å². The van der Waals surface area contributed by atoms with E-state index < -0.39 is 0 Å². The van der Waals surface area contributed by atoms with E-state index in [2.05, 4.69) is 19.2 Å². The number of nitrogens with one attached hydrogen (secondary N) is 1. The lowest BCUT2D eigenvalue weighted by molar-refractivity contribution is 0.305. The van der Waals surface area contributed by atoms with Gasteiger partial charge in [0.1, 0.15) is 18.1 Å². The highest BCUT2D eigenvalue weighted by molar-refractivity contribution is 6.42. The fourth-order valence-electron chi connectivity index (χ4n) is 2.82. The van der Waals surface area contributed by atoms with Crippen molar-refractivity contribution >= 4 is 23.2 Å². The maximum absolute atomic E-state index is 10.9. The van der Waals surface area contributed by atoms with Crippen LogP contribution in [0.1, 0.15) is 25.0 Å². The van der Waals surface area contributed by atoms with Gasteiger partial charge >= 0.3 is 0 Å². The third-order valence-electron chi connectivity index (χ3n) is 4.34. The molecule has 2 N–H and O–H groups in total. The minimum Gasteiger partial charge on any atom is -0.507 e. The predicted molar refractivity (Wildman–Crippen MR) is 116 cm³/mol. The van der Waals surface area contributed by atoms with Gasteiger partial charge < -0.3 is 15.2 Å². The van der Waals surface area contributed by atoms with Crippen molar-refractivity contribution in [1.29, 1.82) is 0 Å². The van der Waals surface area contributed by atoms with Gasteiger partial charge in [0.25, 0.3) is 0 Å². The third kappa shape index (κ3) is 5.20. The third-order valence-corrected chi connectivity index (χ3v) is 5.08. The van der Waals surface area contributed by atoms with Crippen molar-refractivity contribution in [3.8, 4) is 22.6 Å². The number of phenols is 1. The zero-order chi connectivity index (χ0) is 20.1. The largest absolute Gasteiger partial charge is 0.507 e. The van der Waals surface area contributed by atoms with Crippen LogP contribution in [0, 0.1) is 0 Å². The highest BCUT2D eigenvalue weighted by Gasteiger charge is 2.14. The van der Waals surface area contributed by atoms with Crippen LogP contribution in [0.15, 0.2) is 60.7 Å². The van der Waals surface area contributed by atoms with Crippen LogP contribution in [-0.4, -0.2) is 11.1 Å². The SMILES string of the molecule is CC(C)NCc1cc(OCc2ccccc2)cc(-c2ccc(Cl)c(Cl)c2)c1O. The van der Waals surface area contributed by atoms with Crippen LogP contribution < -0.4 is 10.1 Å². The van der Waals surface area contributed by atoms with Crippen molar-refractivity contribution in [2.24, 2.45) is 0 Å². The van der Waals surface area contributed by atoms with E-state index in [1.165, 1.54) is 0 Å². The van der Waals surface area contributed by atoms with Gasteiger partial charge in [0.2, 0.25) is 0 Å². The quantitative estimate of drug-likeness (QED) is 0.466. The molecule has 0 atom stereocenters. The predicted octanol–water partition coefficient (Wildman–Crippen LogP) is 6.44. The average Bonchev–Trinajstić information content (AvgIpc) is 2.69. The number of benzene rings is 3. The molecule has 3 nitrogen and oxygen atoms in total. The van der Waals surface area contributed by atoms with E-state index in [1.54, 1.807) is 12.1 Å². The second kappa shape index (κ2) is 9.33. The van der Waals surface area contributed by atoms with Gasteiger partial charge in [-0.1, -0.05) is 73.4 Å². The molecule has 3 aromatic rings. The van der Waals surface area contributed by atoms with Crippen molar-refractivity contribution in [2.75, 3.05) is 0 Å². The number of ether oxygens (including phenoxy) is 1. The van der Waals surface area contributed by atoms with E-state index in [1.807, 2.05) is 48.5 Å². The Morgan fingerprint density at radius 2 is 1.71 bits per heavy atom. The molecule has 28 heavy (non-hydrogen) atoms. The Kier molecular flexibility index (Phi) is 6.84. The molecule has 0 aromatic heterocycles. The lowest BCUT2D eigenvalue weighted by atomic mass is 10.0. The molecule has 0 saturated heterocycles. The van der Waals surface area contributed by atoms with Crippen molar-refractivity contribution in [3.05, 3.63) is 81.8 Å². The first kappa shape index (κ1) is 20.5. The fraction of sp³-hybridized carbons (Fsp3) is 0.217. The van der Waals surface area contributed by atoms with Crippen LogP contribution in [0.25, 0.3) is 11.1 Å². The maximum Gasteiger partial charge on any atom is 0.128 e. The number of hydrogen-bond acceptors (Lipinski definition) is 3. The Bertz CT molecular complexity index is 943. The van der Waals surface area contributed by atoms with Crippen molar-refractivity contribution < 1.29 is 9.84 Å². The molecule has 0 aliphatic rings. The Balaban J connectivity index is 1.96. The van der Waals surface area contributed by atoms with E-state index in [0.717, 1.165) is 16.7 Å². The van der Waals surface area contributed by atoms with Gasteiger partial charge in [-0.25, -0.2) is 0 Å². The molecule has 0 aliphatic heterocycles. The number of aromatic hydroxyl groups is 1. The maximum atomic E-state index is 10.9. The van der Waals surface area contributed by atoms with Gasteiger partial charge in [-0.15, -0.1) is 0 Å². The first-order chi connectivity index (χ1) is 13.4. The Morgan fingerprint density at radius 1 is 0.964 bits per heavy atom. The smallest absolute Gasteiger partial charge is 0.128 e. The summed E-state index contributed by atoms with van der Waals surface area (Å²) in [6, 6.07) is 19.3. The van der Waals surface area contributed by atoms with Gasteiger partial charge in [-0.2, -0.15) is 0 Å². The molecule has 0 unspecified atom stereocenters. The zero-order valence-electron chi connectivity index (χ0n) is 15.9. The molecular formula is C23H23Cl2NO2. The molecule has 146 valence electrons. The van der Waals surface area contributed by atoms with Gasteiger partial charge in [-0.05, 0) is 35.4 Å². The Hall–Kier alpha value is -2.20. The molecule has 0 radical (unpaired) electrons. The summed E-state index contributed by atoms with van der Waals surface area (Å²) in [5, 5.41) is 15.1. The van der Waals surface area contributed by atoms with Crippen LogP contribution in [0.2, 0.25) is 10.0 Å². The number of rotatable bonds is 7. The van der Waals surface area contributed by atoms with E-state index in [-0.39, 0.29) is 5.75 Å². The van der Waals surface area contributed by atoms with Crippen LogP contribution in [0.3, 0.4) is 0 Å². The van der Waals surface area contributed by atoms with Gasteiger partial charge in [0, 0.05) is 23.7 Å². The van der Waals surface area contributed by atoms with Crippen molar-refractivity contribution in [1.82, 2.24) is 5.32 Å². The highest BCUT2D eigenvalue weighted by Crippen LogP contribution is 2.38. The Morgan fingerprint density at radius 3 is 2.39 bits per heavy atom. The van der Waals surface area contributed by atoms with Crippen LogP contribution in [0.4, 0.5) is 0 Å². The van der Waals surface area contributed by atoms with E-state index in [9.17, 15) is 5.11 Å². The minimum atomic E-state index is 0.207. The molecule has 3 aromatic carbocycles. The molecule has 0 aliphatic carbocycles. The Labute approximate surface area is 175 Å². The topological polar surface area (TPSA) is 41.5 Å². The van der Waals surface area contributed by atoms with Crippen LogP contribution in [0.5, 0.6) is 11.5 Å². The van der Waals surface area contributed by atoms with E-state index >= 15 is 0 Å². The van der Waals surface area contributed by atoms with Crippen molar-refractivity contribution in [3.63, 3.8) is 0 Å². The molecule has 0 bridgehead atoms. The average molecular weight is 416 g/mol. The molecular weight excluding hydrogens is 393 g/mol. The zero-order valence-corrected chi connectivity index (χ0v) is 17.4. The molecule has 0 spiro atoms. The molecule has 0 heterocycles. The summed E-state index contributed by atoms with van der Waals surface area (Å²) in [6.45, 7) is 5.10. The lowest BCUT2D eigenvalue weighted by Gasteiger charge is -2.16. The summed E-state index contributed by atoms with van der Waals surface area (Å²) in [7, 11) is 0. The summed E-state index contributed by atoms with van der Waals surface area (Å²) in [5.41, 5.74) is 3.28. The minimum absolute atomic E-state index is 0.207. The monoisotopic (exact) mass is 415 g/mol. The highest BCUT2D eigenvalue weighted by atomic mass is 35.5. The first-order valence-electron chi connectivity index (χ1n) is 9.15. The second-order valence-electron chi connectivity index (χ2n) is 6.92. The molecule has 0 fully saturated rings. The van der Waals surface area contributed by atoms with Gasteiger partial charge in [0.05, 0.1) is 10.0 Å². The summed E-state index contributed by atoms with van der Waals surface area (Å²) in [5.74, 6) is 0.891. The summed E-state index contributed by atoms with van der Waals surface area (Å²) < 4.78 is 6.01. The number of halogens is 2. The summed E-state index contributed by atoms with van der Waals surface area (Å²) in [6.07, 6.45) is 0. The van der Waals surface area contributed by atoms with Crippen LogP contribution >= 0.6 is 23.2 Å². The second-order valence-corrected chi connectivity index (χ2v) is 7.73. The normalized spacial score (nSPS) is 11.0.